The molecule has 14 heavy (non-hydrogen) atoms. The molecule has 1 aromatic rings. The molecule has 1 aromatic heterocycles. The van der Waals surface area contributed by atoms with E-state index in [1.165, 1.54) is 5.56 Å². The second-order valence-electron chi connectivity index (χ2n) is 3.48. The molecule has 1 heterocycles. The first-order valence-electron chi connectivity index (χ1n) is 5.14. The quantitative estimate of drug-likeness (QED) is 0.743. The van der Waals surface area contributed by atoms with Crippen LogP contribution in [0.2, 0.25) is 0 Å². The SMILES string of the molecule is CCCNC(CN)c1ccc(C)nc1. The van der Waals surface area contributed by atoms with E-state index in [4.69, 9.17) is 5.73 Å². The third-order valence-corrected chi connectivity index (χ3v) is 2.21. The lowest BCUT2D eigenvalue weighted by Crippen LogP contribution is -2.28. The molecule has 1 atom stereocenters. The van der Waals surface area contributed by atoms with Crippen molar-refractivity contribution in [1.82, 2.24) is 10.3 Å². The van der Waals surface area contributed by atoms with Crippen LogP contribution in [0, 0.1) is 6.92 Å². The van der Waals surface area contributed by atoms with Crippen molar-refractivity contribution in [2.24, 2.45) is 5.73 Å². The number of rotatable bonds is 5. The Labute approximate surface area is 85.7 Å². The van der Waals surface area contributed by atoms with Crippen LogP contribution in [0.15, 0.2) is 18.3 Å². The summed E-state index contributed by atoms with van der Waals surface area (Å²) in [6, 6.07) is 4.34. The molecule has 3 N–H and O–H groups in total. The Bertz CT molecular complexity index is 256. The van der Waals surface area contributed by atoms with Crippen LogP contribution in [-0.4, -0.2) is 18.1 Å². The number of nitrogens with one attached hydrogen (secondary N) is 1. The molecule has 0 aromatic carbocycles. The molecule has 0 radical (unpaired) electrons. The minimum Gasteiger partial charge on any atom is -0.329 e. The predicted molar refractivity (Wildman–Crippen MR) is 59.1 cm³/mol. The summed E-state index contributed by atoms with van der Waals surface area (Å²) >= 11 is 0. The summed E-state index contributed by atoms with van der Waals surface area (Å²) in [5, 5.41) is 3.39. The fourth-order valence-electron chi connectivity index (χ4n) is 1.34. The maximum Gasteiger partial charge on any atom is 0.0459 e. The third-order valence-electron chi connectivity index (χ3n) is 2.21. The number of nitrogens with two attached hydrogens (primary N) is 1. The zero-order chi connectivity index (χ0) is 10.4. The smallest absolute Gasteiger partial charge is 0.0459 e. The van der Waals surface area contributed by atoms with E-state index in [9.17, 15) is 0 Å². The van der Waals surface area contributed by atoms with Crippen molar-refractivity contribution in [2.75, 3.05) is 13.1 Å². The van der Waals surface area contributed by atoms with Crippen LogP contribution in [0.3, 0.4) is 0 Å². The van der Waals surface area contributed by atoms with E-state index < -0.39 is 0 Å². The van der Waals surface area contributed by atoms with Gasteiger partial charge in [0.15, 0.2) is 0 Å². The van der Waals surface area contributed by atoms with Crippen LogP contribution < -0.4 is 11.1 Å². The lowest BCUT2D eigenvalue weighted by atomic mass is 10.1. The first kappa shape index (κ1) is 11.1. The fraction of sp³-hybridized carbons (Fsp3) is 0.545. The molecule has 0 saturated carbocycles. The highest BCUT2D eigenvalue weighted by atomic mass is 14.9. The Morgan fingerprint density at radius 3 is 2.79 bits per heavy atom. The largest absolute Gasteiger partial charge is 0.329 e. The number of pyridine rings is 1. The third kappa shape index (κ3) is 3.09. The first-order valence-corrected chi connectivity index (χ1v) is 5.14. The molecule has 78 valence electrons. The van der Waals surface area contributed by atoms with Crippen molar-refractivity contribution in [3.8, 4) is 0 Å². The lowest BCUT2D eigenvalue weighted by Gasteiger charge is -2.16. The molecule has 0 bridgehead atoms. The zero-order valence-corrected chi connectivity index (χ0v) is 8.96. The molecular formula is C11H19N3. The van der Waals surface area contributed by atoms with E-state index in [2.05, 4.69) is 23.3 Å². The summed E-state index contributed by atoms with van der Waals surface area (Å²) in [5.41, 5.74) is 7.91. The van der Waals surface area contributed by atoms with E-state index in [0.29, 0.717) is 6.54 Å². The van der Waals surface area contributed by atoms with Crippen LogP contribution in [0.4, 0.5) is 0 Å². The Morgan fingerprint density at radius 2 is 2.29 bits per heavy atom. The predicted octanol–water partition coefficient (Wildman–Crippen LogP) is 1.39. The molecule has 0 aliphatic rings. The van der Waals surface area contributed by atoms with Gasteiger partial charge in [-0.2, -0.15) is 0 Å². The minimum absolute atomic E-state index is 0.239. The van der Waals surface area contributed by atoms with E-state index in [1.807, 2.05) is 19.2 Å². The van der Waals surface area contributed by atoms with E-state index >= 15 is 0 Å². The van der Waals surface area contributed by atoms with Gasteiger partial charge in [-0.1, -0.05) is 13.0 Å². The van der Waals surface area contributed by atoms with Gasteiger partial charge in [-0.15, -0.1) is 0 Å². The van der Waals surface area contributed by atoms with Crippen LogP contribution in [0.5, 0.6) is 0 Å². The highest BCUT2D eigenvalue weighted by Crippen LogP contribution is 2.10. The zero-order valence-electron chi connectivity index (χ0n) is 8.96. The van der Waals surface area contributed by atoms with Gasteiger partial charge in [-0.25, -0.2) is 0 Å². The van der Waals surface area contributed by atoms with Gasteiger partial charge in [0.25, 0.3) is 0 Å². The molecular weight excluding hydrogens is 174 g/mol. The Balaban J connectivity index is 2.64. The maximum atomic E-state index is 5.69. The molecule has 3 heteroatoms. The second kappa shape index (κ2) is 5.73. The average molecular weight is 193 g/mol. The standard InChI is InChI=1S/C11H19N3/c1-3-6-13-11(7-12)10-5-4-9(2)14-8-10/h4-5,8,11,13H,3,6-7,12H2,1-2H3. The number of hydrogen-bond acceptors (Lipinski definition) is 3. The highest BCUT2D eigenvalue weighted by Gasteiger charge is 2.07. The average Bonchev–Trinajstić information content (AvgIpc) is 2.21. The van der Waals surface area contributed by atoms with Gasteiger partial charge < -0.3 is 11.1 Å². The molecule has 0 aliphatic heterocycles. The first-order chi connectivity index (χ1) is 6.77. The summed E-state index contributed by atoms with van der Waals surface area (Å²) in [5.74, 6) is 0. The number of aryl methyl sites for hydroxylation is 1. The second-order valence-corrected chi connectivity index (χ2v) is 3.48. The Hall–Kier alpha value is -0.930. The highest BCUT2D eigenvalue weighted by molar-refractivity contribution is 5.17. The van der Waals surface area contributed by atoms with Crippen molar-refractivity contribution in [3.05, 3.63) is 29.6 Å². The lowest BCUT2D eigenvalue weighted by molar-refractivity contribution is 0.538. The minimum atomic E-state index is 0.239. The molecule has 1 unspecified atom stereocenters. The summed E-state index contributed by atoms with van der Waals surface area (Å²) in [7, 11) is 0. The molecule has 1 rings (SSSR count). The van der Waals surface area contributed by atoms with Crippen molar-refractivity contribution in [1.29, 1.82) is 0 Å². The van der Waals surface area contributed by atoms with Gasteiger partial charge in [-0.05, 0) is 31.5 Å². The summed E-state index contributed by atoms with van der Waals surface area (Å²) in [4.78, 5) is 4.26. The molecule has 0 saturated heterocycles. The fourth-order valence-corrected chi connectivity index (χ4v) is 1.34. The Kier molecular flexibility index (Phi) is 4.56. The van der Waals surface area contributed by atoms with Crippen LogP contribution >= 0.6 is 0 Å². The number of aromatic nitrogens is 1. The van der Waals surface area contributed by atoms with Crippen LogP contribution in [-0.2, 0) is 0 Å². The van der Waals surface area contributed by atoms with Gasteiger partial charge in [0.2, 0.25) is 0 Å². The van der Waals surface area contributed by atoms with Gasteiger partial charge in [0, 0.05) is 24.5 Å². The normalized spacial score (nSPS) is 12.8. The van der Waals surface area contributed by atoms with Crippen molar-refractivity contribution < 1.29 is 0 Å². The number of nitrogens with zero attached hydrogens (tertiary/aromatic N) is 1. The van der Waals surface area contributed by atoms with Gasteiger partial charge in [0.1, 0.15) is 0 Å². The molecule has 0 fully saturated rings. The van der Waals surface area contributed by atoms with Gasteiger partial charge >= 0.3 is 0 Å². The van der Waals surface area contributed by atoms with Gasteiger partial charge in [0.05, 0.1) is 0 Å². The number of hydrogen-bond donors (Lipinski definition) is 2. The topological polar surface area (TPSA) is 50.9 Å². The van der Waals surface area contributed by atoms with Crippen LogP contribution in [0.1, 0.15) is 30.6 Å². The van der Waals surface area contributed by atoms with Crippen LogP contribution in [0.25, 0.3) is 0 Å². The molecule has 0 amide bonds. The monoisotopic (exact) mass is 193 g/mol. The van der Waals surface area contributed by atoms with Crippen molar-refractivity contribution in [3.63, 3.8) is 0 Å². The van der Waals surface area contributed by atoms with E-state index in [1.54, 1.807) is 0 Å². The summed E-state index contributed by atoms with van der Waals surface area (Å²) in [6.07, 6.45) is 3.02. The van der Waals surface area contributed by atoms with Gasteiger partial charge in [-0.3, -0.25) is 4.98 Å². The Morgan fingerprint density at radius 1 is 1.50 bits per heavy atom. The summed E-state index contributed by atoms with van der Waals surface area (Å²) in [6.45, 7) is 5.75. The molecule has 3 nitrogen and oxygen atoms in total. The van der Waals surface area contributed by atoms with Crippen molar-refractivity contribution in [2.45, 2.75) is 26.3 Å². The van der Waals surface area contributed by atoms with Crippen molar-refractivity contribution >= 4 is 0 Å². The van der Waals surface area contributed by atoms with E-state index in [0.717, 1.165) is 18.7 Å². The van der Waals surface area contributed by atoms with E-state index in [-0.39, 0.29) is 6.04 Å². The molecule has 0 aliphatic carbocycles. The summed E-state index contributed by atoms with van der Waals surface area (Å²) < 4.78 is 0. The maximum absolute atomic E-state index is 5.69. The molecule has 0 spiro atoms.